The molecule has 0 amide bonds. The Morgan fingerprint density at radius 1 is 0.273 bits per heavy atom. The molecule has 1 aliphatic carbocycles. The highest BCUT2D eigenvalue weighted by molar-refractivity contribution is 6.30. The van der Waals surface area contributed by atoms with Gasteiger partial charge < -0.3 is 0 Å². The second-order valence-electron chi connectivity index (χ2n) is 16.4. The first-order chi connectivity index (χ1) is 27.0. The lowest BCUT2D eigenvalue weighted by Gasteiger charge is -2.23. The van der Waals surface area contributed by atoms with Crippen LogP contribution in [0.5, 0.6) is 0 Å². The van der Waals surface area contributed by atoms with Crippen molar-refractivity contribution in [1.82, 2.24) is 0 Å². The summed E-state index contributed by atoms with van der Waals surface area (Å²) in [5.41, 5.74) is 7.94. The number of hydrogen-bond acceptors (Lipinski definition) is 0. The lowest BCUT2D eigenvalue weighted by Crippen LogP contribution is -2.15. The first-order valence-electron chi connectivity index (χ1n) is 19.5. The summed E-state index contributed by atoms with van der Waals surface area (Å²) in [5, 5.41) is 23.8. The fourth-order valence-corrected chi connectivity index (χ4v) is 10.7. The molecule has 0 saturated heterocycles. The fourth-order valence-electron chi connectivity index (χ4n) is 10.7. The molecule has 1 aliphatic rings. The molecule has 0 aromatic heterocycles. The van der Waals surface area contributed by atoms with E-state index in [1.165, 1.54) is 130 Å². The smallest absolute Gasteiger partial charge is 0.0159 e. The van der Waals surface area contributed by atoms with Gasteiger partial charge in [0.1, 0.15) is 0 Å². The van der Waals surface area contributed by atoms with Crippen molar-refractivity contribution in [1.29, 1.82) is 0 Å². The van der Waals surface area contributed by atoms with Gasteiger partial charge in [0.25, 0.3) is 0 Å². The van der Waals surface area contributed by atoms with Crippen LogP contribution in [0.2, 0.25) is 0 Å². The molecule has 0 heteroatoms. The molecule has 0 radical (unpaired) electrons. The van der Waals surface area contributed by atoms with Crippen LogP contribution in [0.25, 0.3) is 119 Å². The molecule has 0 heterocycles. The Bertz CT molecular complexity index is 3660. The van der Waals surface area contributed by atoms with Crippen LogP contribution in [-0.2, 0) is 5.41 Å². The number of fused-ring (bicyclic) bond motifs is 15. The maximum absolute atomic E-state index is 2.54. The highest BCUT2D eigenvalue weighted by atomic mass is 14.4. The van der Waals surface area contributed by atoms with E-state index in [-0.39, 0.29) is 5.41 Å². The quantitative estimate of drug-likeness (QED) is 0.150. The van der Waals surface area contributed by atoms with Gasteiger partial charge in [-0.05, 0) is 161 Å². The molecule has 254 valence electrons. The highest BCUT2D eigenvalue weighted by Crippen LogP contribution is 2.54. The van der Waals surface area contributed by atoms with Crippen LogP contribution in [0.1, 0.15) is 25.0 Å². The molecule has 0 bridgehead atoms. The SMILES string of the molecule is CC1(C)c2cc3c4ccccc4c4ccccc4c3cc2-c2cc3c4ccccc4c4cc(-c5ccc6ccc7cccc8ccc5c6c78)ccc4c3cc21. The van der Waals surface area contributed by atoms with E-state index in [0.717, 1.165) is 0 Å². The third kappa shape index (κ3) is 3.77. The highest BCUT2D eigenvalue weighted by Gasteiger charge is 2.37. The van der Waals surface area contributed by atoms with Gasteiger partial charge in [0.05, 0.1) is 0 Å². The van der Waals surface area contributed by atoms with Crippen molar-refractivity contribution in [3.05, 3.63) is 181 Å². The van der Waals surface area contributed by atoms with Gasteiger partial charge >= 0.3 is 0 Å². The van der Waals surface area contributed by atoms with E-state index in [9.17, 15) is 0 Å². The largest absolute Gasteiger partial charge is 0.0616 e. The van der Waals surface area contributed by atoms with E-state index < -0.39 is 0 Å². The molecule has 0 atom stereocenters. The average molecular weight is 695 g/mol. The van der Waals surface area contributed by atoms with Gasteiger partial charge in [-0.25, -0.2) is 0 Å². The van der Waals surface area contributed by atoms with Gasteiger partial charge in [-0.15, -0.1) is 0 Å². The van der Waals surface area contributed by atoms with E-state index >= 15 is 0 Å². The zero-order valence-electron chi connectivity index (χ0n) is 30.7. The third-order valence-corrected chi connectivity index (χ3v) is 13.3. The number of rotatable bonds is 1. The first-order valence-corrected chi connectivity index (χ1v) is 19.5. The monoisotopic (exact) mass is 694 g/mol. The summed E-state index contributed by atoms with van der Waals surface area (Å²) in [6.07, 6.45) is 0. The normalized spacial score (nSPS) is 13.8. The summed E-state index contributed by atoms with van der Waals surface area (Å²) in [4.78, 5) is 0. The van der Waals surface area contributed by atoms with Crippen LogP contribution < -0.4 is 0 Å². The molecule has 0 nitrogen and oxygen atoms in total. The van der Waals surface area contributed by atoms with Crippen molar-refractivity contribution in [2.75, 3.05) is 0 Å². The molecule has 12 aromatic rings. The minimum absolute atomic E-state index is 0.153. The second-order valence-corrected chi connectivity index (χ2v) is 16.4. The van der Waals surface area contributed by atoms with Crippen molar-refractivity contribution < 1.29 is 0 Å². The molecule has 12 aromatic carbocycles. The Hall–Kier alpha value is -6.76. The van der Waals surface area contributed by atoms with E-state index in [0.29, 0.717) is 0 Å². The van der Waals surface area contributed by atoms with E-state index in [1.807, 2.05) is 0 Å². The Morgan fingerprint density at radius 2 is 0.673 bits per heavy atom. The third-order valence-electron chi connectivity index (χ3n) is 13.3. The zero-order chi connectivity index (χ0) is 36.2. The van der Waals surface area contributed by atoms with Crippen LogP contribution in [0, 0.1) is 0 Å². The molecule has 0 aliphatic heterocycles. The van der Waals surface area contributed by atoms with Gasteiger partial charge in [-0.3, -0.25) is 0 Å². The van der Waals surface area contributed by atoms with Crippen molar-refractivity contribution >= 4 is 97.0 Å². The van der Waals surface area contributed by atoms with Gasteiger partial charge in [0, 0.05) is 5.41 Å². The van der Waals surface area contributed by atoms with Crippen LogP contribution in [0.15, 0.2) is 170 Å². The van der Waals surface area contributed by atoms with Crippen LogP contribution in [0.4, 0.5) is 0 Å². The molecule has 0 unspecified atom stereocenters. The summed E-state index contributed by atoms with van der Waals surface area (Å²) < 4.78 is 0. The fraction of sp³-hybridized carbons (Fsp3) is 0.0545. The minimum atomic E-state index is -0.153. The molecule has 13 rings (SSSR count). The Labute approximate surface area is 318 Å². The van der Waals surface area contributed by atoms with Crippen molar-refractivity contribution in [2.24, 2.45) is 0 Å². The molecule has 0 spiro atoms. The van der Waals surface area contributed by atoms with Gasteiger partial charge in [0.2, 0.25) is 0 Å². The van der Waals surface area contributed by atoms with Gasteiger partial charge in [-0.2, -0.15) is 0 Å². The lowest BCUT2D eigenvalue weighted by molar-refractivity contribution is 0.662. The predicted molar refractivity (Wildman–Crippen MR) is 238 cm³/mol. The topological polar surface area (TPSA) is 0 Å². The van der Waals surface area contributed by atoms with E-state index in [4.69, 9.17) is 0 Å². The second kappa shape index (κ2) is 10.3. The zero-order valence-corrected chi connectivity index (χ0v) is 30.7. The van der Waals surface area contributed by atoms with E-state index in [2.05, 4.69) is 184 Å². The number of hydrogen-bond donors (Lipinski definition) is 0. The summed E-state index contributed by atoms with van der Waals surface area (Å²) in [6, 6.07) is 64.7. The summed E-state index contributed by atoms with van der Waals surface area (Å²) in [5.74, 6) is 0. The molecule has 55 heavy (non-hydrogen) atoms. The maximum atomic E-state index is 2.54. The minimum Gasteiger partial charge on any atom is -0.0616 e. The average Bonchev–Trinajstić information content (AvgIpc) is 3.45. The van der Waals surface area contributed by atoms with Crippen molar-refractivity contribution in [3.63, 3.8) is 0 Å². The Balaban J connectivity index is 1.08. The summed E-state index contributed by atoms with van der Waals surface area (Å²) in [6.45, 7) is 4.85. The Kier molecular flexibility index (Phi) is 5.53. The molecule has 0 fully saturated rings. The Morgan fingerprint density at radius 3 is 1.22 bits per heavy atom. The molecule has 0 N–H and O–H groups in total. The van der Waals surface area contributed by atoms with Gasteiger partial charge in [0.15, 0.2) is 0 Å². The summed E-state index contributed by atoms with van der Waals surface area (Å²) in [7, 11) is 0. The molecular weight excluding hydrogens is 661 g/mol. The first kappa shape index (κ1) is 29.7. The maximum Gasteiger partial charge on any atom is 0.0159 e. The van der Waals surface area contributed by atoms with Crippen LogP contribution >= 0.6 is 0 Å². The lowest BCUT2D eigenvalue weighted by atomic mass is 9.80. The predicted octanol–water partition coefficient (Wildman–Crippen LogP) is 15.5. The molecular formula is C55H34. The number of benzene rings is 12. The van der Waals surface area contributed by atoms with Crippen molar-refractivity contribution in [2.45, 2.75) is 19.3 Å². The van der Waals surface area contributed by atoms with Crippen molar-refractivity contribution in [3.8, 4) is 22.3 Å². The molecule has 0 saturated carbocycles. The van der Waals surface area contributed by atoms with Crippen LogP contribution in [-0.4, -0.2) is 0 Å². The summed E-state index contributed by atoms with van der Waals surface area (Å²) >= 11 is 0. The van der Waals surface area contributed by atoms with Crippen LogP contribution in [0.3, 0.4) is 0 Å². The standard InChI is InChI=1S/C55H34/c1-55(2)51-29-47-39-15-6-4-13-37(39)36-12-3-5-14-38(36)45(47)27-49(51)50-28-46-41-17-8-7-16-40(41)44-26-34(22-24-42(44)48(46)30-52(50)55)35-23-20-33-19-18-31-10-9-11-32-21-25-43(35)54(33)53(31)32/h3-30H,1-2H3. The van der Waals surface area contributed by atoms with Gasteiger partial charge in [-0.1, -0.05) is 153 Å². The van der Waals surface area contributed by atoms with E-state index in [1.54, 1.807) is 0 Å².